The highest BCUT2D eigenvalue weighted by Crippen LogP contribution is 2.26. The van der Waals surface area contributed by atoms with Crippen LogP contribution < -0.4 is 9.47 Å². The lowest BCUT2D eigenvalue weighted by Crippen LogP contribution is -2.49. The molecule has 38 heavy (non-hydrogen) atoms. The zero-order valence-corrected chi connectivity index (χ0v) is 22.2. The van der Waals surface area contributed by atoms with Gasteiger partial charge >= 0.3 is 6.61 Å². The third-order valence-electron chi connectivity index (χ3n) is 6.48. The summed E-state index contributed by atoms with van der Waals surface area (Å²) in [5, 5.41) is 0. The summed E-state index contributed by atoms with van der Waals surface area (Å²) >= 11 is 0. The number of rotatable bonds is 11. The molecule has 0 N–H and O–H groups in total. The van der Waals surface area contributed by atoms with E-state index >= 15 is 0 Å². The number of piperazine rings is 1. The number of benzene rings is 3. The SMILES string of the molecule is COc1cccc([C@@H](CN2CCN(S(=O)(=O)c3ccc(OC(F)F)cc3)CC2)OCc2ccc(C)cc2)c1. The number of aryl methyl sites for hydroxylation is 1. The minimum atomic E-state index is -3.75. The molecule has 4 rings (SSSR count). The van der Waals surface area contributed by atoms with Gasteiger partial charge in [-0.25, -0.2) is 8.42 Å². The minimum absolute atomic E-state index is 0.0447. The fourth-order valence-electron chi connectivity index (χ4n) is 4.31. The van der Waals surface area contributed by atoms with Crippen LogP contribution in [0.4, 0.5) is 8.78 Å². The van der Waals surface area contributed by atoms with Gasteiger partial charge in [0, 0.05) is 32.7 Å². The van der Waals surface area contributed by atoms with Crippen molar-refractivity contribution in [3.63, 3.8) is 0 Å². The Morgan fingerprint density at radius 2 is 1.58 bits per heavy atom. The fraction of sp³-hybridized carbons (Fsp3) is 0.357. The first-order valence-electron chi connectivity index (χ1n) is 12.3. The maximum atomic E-state index is 13.1. The number of sulfonamides is 1. The Bertz CT molecular complexity index is 1280. The van der Waals surface area contributed by atoms with E-state index in [2.05, 4.69) is 21.8 Å². The largest absolute Gasteiger partial charge is 0.497 e. The summed E-state index contributed by atoms with van der Waals surface area (Å²) in [5.74, 6) is 0.658. The number of halogens is 2. The summed E-state index contributed by atoms with van der Waals surface area (Å²) < 4.78 is 68.5. The molecule has 0 amide bonds. The maximum absolute atomic E-state index is 13.1. The molecule has 0 saturated carbocycles. The summed E-state index contributed by atoms with van der Waals surface area (Å²) in [4.78, 5) is 2.23. The minimum Gasteiger partial charge on any atom is -0.497 e. The Morgan fingerprint density at radius 1 is 0.895 bits per heavy atom. The standard InChI is InChI=1S/C28H32F2N2O5S/c1-21-6-8-22(9-7-21)20-36-27(23-4-3-5-25(18-23)35-2)19-31-14-16-32(17-15-31)38(33,34)26-12-10-24(11-13-26)37-28(29)30/h3-13,18,27-28H,14-17,19-20H2,1-2H3/t27-/m1/s1. The van der Waals surface area contributed by atoms with E-state index in [-0.39, 0.29) is 16.7 Å². The van der Waals surface area contributed by atoms with Crippen LogP contribution in [0.3, 0.4) is 0 Å². The fourth-order valence-corrected chi connectivity index (χ4v) is 5.73. The van der Waals surface area contributed by atoms with Gasteiger partial charge in [-0.05, 0) is 54.4 Å². The molecule has 0 spiro atoms. The molecule has 3 aromatic rings. The summed E-state index contributed by atoms with van der Waals surface area (Å²) in [6, 6.07) is 21.0. The van der Waals surface area contributed by atoms with Crippen molar-refractivity contribution in [1.29, 1.82) is 0 Å². The molecule has 1 atom stereocenters. The van der Waals surface area contributed by atoms with Crippen molar-refractivity contribution in [2.75, 3.05) is 39.8 Å². The highest BCUT2D eigenvalue weighted by Gasteiger charge is 2.30. The average Bonchev–Trinajstić information content (AvgIpc) is 2.92. The molecule has 1 aliphatic rings. The lowest BCUT2D eigenvalue weighted by molar-refractivity contribution is -0.0498. The van der Waals surface area contributed by atoms with Crippen LogP contribution in [0.2, 0.25) is 0 Å². The molecule has 3 aromatic carbocycles. The van der Waals surface area contributed by atoms with E-state index < -0.39 is 16.6 Å². The van der Waals surface area contributed by atoms with Crippen LogP contribution >= 0.6 is 0 Å². The van der Waals surface area contributed by atoms with E-state index in [4.69, 9.17) is 9.47 Å². The Kier molecular flexibility index (Phi) is 9.32. The molecule has 0 aromatic heterocycles. The quantitative estimate of drug-likeness (QED) is 0.342. The van der Waals surface area contributed by atoms with Crippen molar-refractivity contribution >= 4 is 10.0 Å². The van der Waals surface area contributed by atoms with Crippen molar-refractivity contribution in [1.82, 2.24) is 9.21 Å². The van der Waals surface area contributed by atoms with E-state index in [1.54, 1.807) is 7.11 Å². The van der Waals surface area contributed by atoms with Gasteiger partial charge in [0.15, 0.2) is 0 Å². The topological polar surface area (TPSA) is 68.3 Å². The number of hydrogen-bond acceptors (Lipinski definition) is 6. The van der Waals surface area contributed by atoms with Gasteiger partial charge < -0.3 is 14.2 Å². The molecule has 204 valence electrons. The molecular formula is C28H32F2N2O5S. The Morgan fingerprint density at radius 3 is 2.21 bits per heavy atom. The van der Waals surface area contributed by atoms with Crippen molar-refractivity contribution in [2.45, 2.75) is 31.1 Å². The highest BCUT2D eigenvalue weighted by molar-refractivity contribution is 7.89. The van der Waals surface area contributed by atoms with Gasteiger partial charge in [0.25, 0.3) is 0 Å². The number of alkyl halides is 2. The molecule has 1 saturated heterocycles. The normalized spacial score (nSPS) is 15.9. The van der Waals surface area contributed by atoms with Crippen LogP contribution in [0.1, 0.15) is 22.8 Å². The molecule has 1 fully saturated rings. The van der Waals surface area contributed by atoms with Crippen LogP contribution in [-0.4, -0.2) is 64.1 Å². The van der Waals surface area contributed by atoms with Gasteiger partial charge in [-0.3, -0.25) is 4.90 Å². The van der Waals surface area contributed by atoms with Crippen molar-refractivity contribution in [3.8, 4) is 11.5 Å². The van der Waals surface area contributed by atoms with Crippen LogP contribution in [0.5, 0.6) is 11.5 Å². The number of methoxy groups -OCH3 is 1. The molecule has 0 radical (unpaired) electrons. The predicted octanol–water partition coefficient (Wildman–Crippen LogP) is 4.87. The third kappa shape index (κ3) is 7.28. The zero-order chi connectivity index (χ0) is 27.1. The molecular weight excluding hydrogens is 514 g/mol. The second-order valence-corrected chi connectivity index (χ2v) is 11.1. The summed E-state index contributed by atoms with van der Waals surface area (Å²) in [6.45, 7) is 1.78. The number of hydrogen-bond donors (Lipinski definition) is 0. The van der Waals surface area contributed by atoms with Crippen molar-refractivity contribution < 1.29 is 31.4 Å². The van der Waals surface area contributed by atoms with Gasteiger partial charge in [0.05, 0.1) is 24.7 Å². The molecule has 0 unspecified atom stereocenters. The van der Waals surface area contributed by atoms with Gasteiger partial charge in [0.1, 0.15) is 11.5 Å². The highest BCUT2D eigenvalue weighted by atomic mass is 32.2. The summed E-state index contributed by atoms with van der Waals surface area (Å²) in [7, 11) is -2.13. The summed E-state index contributed by atoms with van der Waals surface area (Å²) in [5.41, 5.74) is 3.24. The third-order valence-corrected chi connectivity index (χ3v) is 8.39. The molecule has 1 heterocycles. The van der Waals surface area contributed by atoms with Crippen LogP contribution in [-0.2, 0) is 21.4 Å². The van der Waals surface area contributed by atoms with Gasteiger partial charge in [-0.1, -0.05) is 42.0 Å². The second kappa shape index (κ2) is 12.7. The summed E-state index contributed by atoms with van der Waals surface area (Å²) in [6.07, 6.45) is -0.239. The Hall–Kier alpha value is -3.05. The zero-order valence-electron chi connectivity index (χ0n) is 21.4. The van der Waals surface area contributed by atoms with E-state index in [9.17, 15) is 17.2 Å². The number of nitrogens with zero attached hydrogens (tertiary/aromatic N) is 2. The van der Waals surface area contributed by atoms with E-state index in [0.717, 1.165) is 16.9 Å². The van der Waals surface area contributed by atoms with Crippen molar-refractivity contribution in [2.24, 2.45) is 0 Å². The first kappa shape index (κ1) is 28.0. The van der Waals surface area contributed by atoms with Crippen LogP contribution in [0, 0.1) is 6.92 Å². The molecule has 1 aliphatic heterocycles. The predicted molar refractivity (Wildman–Crippen MR) is 140 cm³/mol. The second-order valence-electron chi connectivity index (χ2n) is 9.12. The molecule has 0 aliphatic carbocycles. The Labute approximate surface area is 222 Å². The molecule has 0 bridgehead atoms. The molecule has 10 heteroatoms. The van der Waals surface area contributed by atoms with Gasteiger partial charge in [0.2, 0.25) is 10.0 Å². The average molecular weight is 547 g/mol. The van der Waals surface area contributed by atoms with Crippen LogP contribution in [0.25, 0.3) is 0 Å². The first-order chi connectivity index (χ1) is 18.2. The number of ether oxygens (including phenoxy) is 3. The Balaban J connectivity index is 1.40. The van der Waals surface area contributed by atoms with E-state index in [1.807, 2.05) is 43.3 Å². The van der Waals surface area contributed by atoms with E-state index in [1.165, 1.54) is 34.1 Å². The smallest absolute Gasteiger partial charge is 0.387 e. The molecule has 7 nitrogen and oxygen atoms in total. The lowest BCUT2D eigenvalue weighted by atomic mass is 10.1. The first-order valence-corrected chi connectivity index (χ1v) is 13.8. The van der Waals surface area contributed by atoms with Crippen molar-refractivity contribution in [3.05, 3.63) is 89.5 Å². The lowest BCUT2D eigenvalue weighted by Gasteiger charge is -2.36. The monoisotopic (exact) mass is 546 g/mol. The van der Waals surface area contributed by atoms with E-state index in [0.29, 0.717) is 39.3 Å². The van der Waals surface area contributed by atoms with Crippen LogP contribution in [0.15, 0.2) is 77.7 Å². The van der Waals surface area contributed by atoms with Gasteiger partial charge in [-0.15, -0.1) is 0 Å². The van der Waals surface area contributed by atoms with Gasteiger partial charge in [-0.2, -0.15) is 13.1 Å². The maximum Gasteiger partial charge on any atom is 0.387 e.